The maximum Gasteiger partial charge on any atom is 0.293 e. The molecule has 4 aromatic carbocycles. The van der Waals surface area contributed by atoms with E-state index in [-0.39, 0.29) is 72.8 Å². The van der Waals surface area contributed by atoms with Gasteiger partial charge in [0.1, 0.15) is 35.4 Å². The smallest absolute Gasteiger partial charge is 0.293 e. The Morgan fingerprint density at radius 2 is 1.65 bits per heavy atom. The minimum Gasteiger partial charge on any atom is -0.344 e. The molecule has 1 amide bonds. The topological polar surface area (TPSA) is 146 Å². The third-order valence-corrected chi connectivity index (χ3v) is 11.9. The van der Waals surface area contributed by atoms with Gasteiger partial charge >= 0.3 is 0 Å². The van der Waals surface area contributed by atoms with Crippen LogP contribution in [0.25, 0.3) is 38.6 Å². The number of nitrogens with zero attached hydrogens (tertiary/aromatic N) is 6. The van der Waals surface area contributed by atoms with Gasteiger partial charge < -0.3 is 5.32 Å². The van der Waals surface area contributed by atoms with Crippen LogP contribution in [-0.2, 0) is 40.8 Å². The highest BCUT2D eigenvalue weighted by molar-refractivity contribution is 7.92. The number of aromatic nitrogens is 6. The van der Waals surface area contributed by atoms with Gasteiger partial charge in [0, 0.05) is 31.0 Å². The van der Waals surface area contributed by atoms with Gasteiger partial charge in [-0.1, -0.05) is 23.7 Å². The summed E-state index contributed by atoms with van der Waals surface area (Å²) >= 11 is 6.60. The van der Waals surface area contributed by atoms with E-state index >= 15 is 8.78 Å². The predicted molar refractivity (Wildman–Crippen MR) is 213 cm³/mol. The third-order valence-electron chi connectivity index (χ3n) is 11.1. The lowest BCUT2D eigenvalue weighted by atomic mass is 10.0. The molecule has 2 N–H and O–H groups in total. The van der Waals surface area contributed by atoms with Gasteiger partial charge in [0.25, 0.3) is 17.9 Å². The zero-order valence-electron chi connectivity index (χ0n) is 32.4. The number of benzene rings is 4. The molecule has 0 aliphatic heterocycles. The first-order chi connectivity index (χ1) is 29.7. The van der Waals surface area contributed by atoms with Gasteiger partial charge in [0.05, 0.1) is 44.8 Å². The van der Waals surface area contributed by atoms with Crippen molar-refractivity contribution in [2.45, 2.75) is 43.7 Å². The molecule has 22 heteroatoms. The average Bonchev–Trinajstić information content (AvgIpc) is 3.73. The van der Waals surface area contributed by atoms with Crippen LogP contribution in [0.1, 0.15) is 53.1 Å². The Morgan fingerprint density at radius 1 is 0.952 bits per heavy atom. The maximum atomic E-state index is 15.5. The van der Waals surface area contributed by atoms with Gasteiger partial charge in [-0.15, -0.1) is 0 Å². The molecule has 0 spiro atoms. The van der Waals surface area contributed by atoms with Crippen molar-refractivity contribution in [2.24, 2.45) is 13.0 Å². The first kappa shape index (κ1) is 42.0. The fourth-order valence-corrected chi connectivity index (χ4v) is 9.17. The van der Waals surface area contributed by atoms with Crippen LogP contribution in [-0.4, -0.2) is 49.7 Å². The van der Waals surface area contributed by atoms with Crippen molar-refractivity contribution in [2.75, 3.05) is 11.0 Å². The molecule has 63 heavy (non-hydrogen) atoms. The first-order valence-corrected chi connectivity index (χ1v) is 21.1. The summed E-state index contributed by atoms with van der Waals surface area (Å²) in [5.41, 5.74) is -2.65. The summed E-state index contributed by atoms with van der Waals surface area (Å²) in [6, 6.07) is 10.7. The number of nitrogens with one attached hydrogen (secondary N) is 2. The monoisotopic (exact) mass is 916 g/mol. The van der Waals surface area contributed by atoms with E-state index < -0.39 is 99.3 Å². The zero-order valence-corrected chi connectivity index (χ0v) is 34.0. The van der Waals surface area contributed by atoms with Crippen LogP contribution >= 0.6 is 11.6 Å². The lowest BCUT2D eigenvalue weighted by molar-refractivity contribution is -0.123. The molecule has 1 fully saturated rings. The average molecular weight is 917 g/mol. The van der Waals surface area contributed by atoms with Crippen LogP contribution in [0.15, 0.2) is 71.5 Å². The van der Waals surface area contributed by atoms with Crippen LogP contribution in [0.3, 0.4) is 0 Å². The minimum atomic E-state index is -3.95. The Kier molecular flexibility index (Phi) is 9.92. The number of sulfonamides is 1. The standard InChI is InChI=1S/C41H29ClF8N8O4S/c1-56-35-30(8-6-25(42)33(35)38(54-56)55-63(2,61)62)58-39(52-28-13-19(3-5-22(28)40(58)60)18-4-7-26(45)27(46)12-18)29(11-17-9-20(43)14-21(44)10-17)51-31(59)16-57-36-32(34(53-57)37(47)48)23-15-24(23)41(36,49)50/h3-10,12-14,23-24,29,37H,11,15-16H2,1-2H3,(H,51,59)(H,54,55)/t23-,24+,29-/m0/s1. The summed E-state index contributed by atoms with van der Waals surface area (Å²) in [4.78, 5) is 33.8. The van der Waals surface area contributed by atoms with Crippen molar-refractivity contribution in [3.05, 3.63) is 134 Å². The van der Waals surface area contributed by atoms with Gasteiger partial charge in [-0.25, -0.2) is 39.7 Å². The molecule has 0 bridgehead atoms. The molecule has 326 valence electrons. The highest BCUT2D eigenvalue weighted by atomic mass is 35.5. The fraction of sp³-hybridized carbons (Fsp3) is 0.244. The number of anilines is 1. The third kappa shape index (κ3) is 7.35. The molecular weight excluding hydrogens is 888 g/mol. The number of fused-ring (bicyclic) bond motifs is 5. The normalized spacial score (nSPS) is 17.0. The molecule has 0 unspecified atom stereocenters. The molecule has 3 atom stereocenters. The SMILES string of the molecule is Cn1nc(NS(C)(=O)=O)c2c(Cl)ccc(-n3c([C@H](Cc4cc(F)cc(F)c4)NC(=O)Cn4nc(C(F)F)c5c4C(F)(F)[C@@H]4C[C@H]54)nc4cc(-c5ccc(F)c(F)c5)ccc4c3=O)c21. The second-order valence-electron chi connectivity index (χ2n) is 15.4. The van der Waals surface area contributed by atoms with Crippen LogP contribution in [0.2, 0.25) is 5.02 Å². The van der Waals surface area contributed by atoms with Gasteiger partial charge in [-0.3, -0.25) is 28.2 Å². The molecule has 2 aliphatic rings. The largest absolute Gasteiger partial charge is 0.344 e. The summed E-state index contributed by atoms with van der Waals surface area (Å²) in [7, 11) is -2.54. The van der Waals surface area contributed by atoms with E-state index in [1.165, 1.54) is 48.1 Å². The number of hydrogen-bond donors (Lipinski definition) is 2. The quantitative estimate of drug-likeness (QED) is 0.125. The Labute approximate surface area is 355 Å². The molecule has 0 saturated heterocycles. The predicted octanol–water partition coefficient (Wildman–Crippen LogP) is 7.96. The van der Waals surface area contributed by atoms with Crippen molar-refractivity contribution in [1.29, 1.82) is 0 Å². The lowest BCUT2D eigenvalue weighted by Crippen LogP contribution is -2.38. The summed E-state index contributed by atoms with van der Waals surface area (Å²) in [5.74, 6) is -11.7. The van der Waals surface area contributed by atoms with Crippen molar-refractivity contribution < 1.29 is 48.3 Å². The second kappa shape index (κ2) is 14.9. The van der Waals surface area contributed by atoms with E-state index in [1.54, 1.807) is 0 Å². The molecule has 2 aliphatic carbocycles. The molecule has 12 nitrogen and oxygen atoms in total. The lowest BCUT2D eigenvalue weighted by Gasteiger charge is -2.24. The number of amides is 1. The Morgan fingerprint density at radius 3 is 2.33 bits per heavy atom. The van der Waals surface area contributed by atoms with E-state index in [4.69, 9.17) is 16.6 Å². The first-order valence-electron chi connectivity index (χ1n) is 18.9. The minimum absolute atomic E-state index is 0.0165. The number of aryl methyl sites for hydroxylation is 1. The van der Waals surface area contributed by atoms with Crippen molar-refractivity contribution in [3.8, 4) is 16.8 Å². The number of halogens is 9. The van der Waals surface area contributed by atoms with Gasteiger partial charge in [0.2, 0.25) is 15.9 Å². The summed E-state index contributed by atoms with van der Waals surface area (Å²) in [6.45, 7) is -1.04. The van der Waals surface area contributed by atoms with Crippen LogP contribution < -0.4 is 15.6 Å². The molecule has 7 aromatic rings. The zero-order chi connectivity index (χ0) is 45.0. The molecule has 9 rings (SSSR count). The Hall–Kier alpha value is -6.35. The number of hydrogen-bond acceptors (Lipinski definition) is 7. The Balaban J connectivity index is 1.26. The number of carbonyl (C=O) groups excluding carboxylic acids is 1. The van der Waals surface area contributed by atoms with E-state index in [1.807, 2.05) is 0 Å². The molecule has 3 heterocycles. The molecule has 0 radical (unpaired) electrons. The maximum absolute atomic E-state index is 15.5. The fourth-order valence-electron chi connectivity index (χ4n) is 8.44. The van der Waals surface area contributed by atoms with Crippen LogP contribution in [0.4, 0.5) is 40.9 Å². The summed E-state index contributed by atoms with van der Waals surface area (Å²) in [6.07, 6.45) is -2.94. The second-order valence-corrected chi connectivity index (χ2v) is 17.5. The van der Waals surface area contributed by atoms with Crippen molar-refractivity contribution in [3.63, 3.8) is 0 Å². The summed E-state index contributed by atoms with van der Waals surface area (Å²) < 4.78 is 147. The molecule has 1 saturated carbocycles. The van der Waals surface area contributed by atoms with Gasteiger partial charge in [0.15, 0.2) is 17.5 Å². The van der Waals surface area contributed by atoms with Crippen LogP contribution in [0, 0.1) is 29.2 Å². The van der Waals surface area contributed by atoms with Gasteiger partial charge in [-0.2, -0.15) is 19.0 Å². The number of carbonyl (C=O) groups is 1. The van der Waals surface area contributed by atoms with E-state index in [9.17, 15) is 44.3 Å². The van der Waals surface area contributed by atoms with E-state index in [0.717, 1.165) is 35.1 Å². The Bertz CT molecular complexity index is 3250. The summed E-state index contributed by atoms with van der Waals surface area (Å²) in [5, 5.41) is 10.5. The molecule has 3 aromatic heterocycles. The van der Waals surface area contributed by atoms with E-state index in [2.05, 4.69) is 20.2 Å². The number of rotatable bonds is 11. The van der Waals surface area contributed by atoms with Crippen molar-refractivity contribution >= 4 is 55.2 Å². The van der Waals surface area contributed by atoms with E-state index in [0.29, 0.717) is 10.7 Å². The van der Waals surface area contributed by atoms with Crippen molar-refractivity contribution in [1.82, 2.24) is 34.4 Å². The highest BCUT2D eigenvalue weighted by Gasteiger charge is 2.67. The van der Waals surface area contributed by atoms with Crippen LogP contribution in [0.5, 0.6) is 0 Å². The highest BCUT2D eigenvalue weighted by Crippen LogP contribution is 2.68. The van der Waals surface area contributed by atoms with Gasteiger partial charge in [-0.05, 0) is 77.6 Å². The molecular formula is C41H29ClF8N8O4S. The number of alkyl halides is 4.